The highest BCUT2D eigenvalue weighted by Crippen LogP contribution is 2.34. The molecule has 0 aliphatic heterocycles. The van der Waals surface area contributed by atoms with E-state index in [-0.39, 0.29) is 5.63 Å². The van der Waals surface area contributed by atoms with Gasteiger partial charge in [-0.3, -0.25) is 0 Å². The average Bonchev–Trinajstić information content (AvgIpc) is 2.88. The van der Waals surface area contributed by atoms with Crippen LogP contribution >= 0.6 is 11.6 Å². The largest absolute Gasteiger partial charge is 0.492 e. The molecule has 0 unspecified atom stereocenters. The first-order chi connectivity index (χ1) is 9.20. The molecule has 0 N–H and O–H groups in total. The highest BCUT2D eigenvalue weighted by molar-refractivity contribution is 6.32. The lowest BCUT2D eigenvalue weighted by atomic mass is 10.1. The maximum Gasteiger partial charge on any atom is 0.339 e. The average molecular weight is 279 g/mol. The van der Waals surface area contributed by atoms with Gasteiger partial charge >= 0.3 is 5.63 Å². The number of aryl methyl sites for hydroxylation is 1. The Balaban J connectivity index is 2.19. The van der Waals surface area contributed by atoms with Gasteiger partial charge in [-0.2, -0.15) is 0 Å². The Kier molecular flexibility index (Phi) is 3.23. The topological polar surface area (TPSA) is 39.4 Å². The SMILES string of the molecule is CCCOc1cc2oc(=O)c3c(c2cc1Cl)CCC3. The molecule has 1 aliphatic carbocycles. The molecule has 3 nitrogen and oxygen atoms in total. The Bertz CT molecular complexity index is 688. The molecule has 0 fully saturated rings. The van der Waals surface area contributed by atoms with Crippen LogP contribution in [0, 0.1) is 0 Å². The molecule has 0 bridgehead atoms. The molecule has 0 saturated heterocycles. The van der Waals surface area contributed by atoms with Crippen molar-refractivity contribution in [1.82, 2.24) is 0 Å². The van der Waals surface area contributed by atoms with Crippen LogP contribution in [0.15, 0.2) is 21.3 Å². The van der Waals surface area contributed by atoms with E-state index in [0.29, 0.717) is 23.0 Å². The Morgan fingerprint density at radius 1 is 1.32 bits per heavy atom. The second-order valence-corrected chi connectivity index (χ2v) is 5.23. The molecule has 2 aromatic rings. The van der Waals surface area contributed by atoms with Crippen LogP contribution < -0.4 is 10.4 Å². The van der Waals surface area contributed by atoms with E-state index < -0.39 is 0 Å². The number of hydrogen-bond acceptors (Lipinski definition) is 3. The number of hydrogen-bond donors (Lipinski definition) is 0. The van der Waals surface area contributed by atoms with Gasteiger partial charge in [-0.05, 0) is 37.3 Å². The first-order valence-electron chi connectivity index (χ1n) is 6.61. The first kappa shape index (κ1) is 12.5. The van der Waals surface area contributed by atoms with Gasteiger partial charge in [0.2, 0.25) is 0 Å². The molecule has 1 aromatic carbocycles. The summed E-state index contributed by atoms with van der Waals surface area (Å²) in [5, 5.41) is 1.52. The van der Waals surface area contributed by atoms with E-state index in [9.17, 15) is 4.79 Å². The number of benzene rings is 1. The smallest absolute Gasteiger partial charge is 0.339 e. The number of ether oxygens (including phenoxy) is 1. The minimum Gasteiger partial charge on any atom is -0.492 e. The normalized spacial score (nSPS) is 13.8. The Morgan fingerprint density at radius 2 is 2.11 bits per heavy atom. The lowest BCUT2D eigenvalue weighted by Crippen LogP contribution is -2.07. The molecule has 1 aliphatic rings. The van der Waals surface area contributed by atoms with Crippen LogP contribution in [0.2, 0.25) is 5.02 Å². The van der Waals surface area contributed by atoms with Crippen molar-refractivity contribution >= 4 is 22.6 Å². The summed E-state index contributed by atoms with van der Waals surface area (Å²) in [5.74, 6) is 0.581. The molecular formula is C15H15ClO3. The fourth-order valence-electron chi connectivity index (χ4n) is 2.61. The fraction of sp³-hybridized carbons (Fsp3) is 0.400. The van der Waals surface area contributed by atoms with Crippen molar-refractivity contribution in [3.05, 3.63) is 38.7 Å². The molecule has 0 spiro atoms. The summed E-state index contributed by atoms with van der Waals surface area (Å²) >= 11 is 6.24. The monoisotopic (exact) mass is 278 g/mol. The van der Waals surface area contributed by atoms with Gasteiger partial charge in [-0.25, -0.2) is 4.79 Å². The quantitative estimate of drug-likeness (QED) is 0.803. The molecule has 0 saturated carbocycles. The maximum atomic E-state index is 11.9. The summed E-state index contributed by atoms with van der Waals surface area (Å²) in [5.41, 5.74) is 2.26. The lowest BCUT2D eigenvalue weighted by molar-refractivity contribution is 0.317. The van der Waals surface area contributed by atoms with Crippen molar-refractivity contribution < 1.29 is 9.15 Å². The van der Waals surface area contributed by atoms with E-state index in [2.05, 4.69) is 0 Å². The van der Waals surface area contributed by atoms with Gasteiger partial charge in [0.15, 0.2) is 0 Å². The molecule has 19 heavy (non-hydrogen) atoms. The molecular weight excluding hydrogens is 264 g/mol. The van der Waals surface area contributed by atoms with Crippen LogP contribution in [0.1, 0.15) is 30.9 Å². The third-order valence-corrected chi connectivity index (χ3v) is 3.78. The maximum absolute atomic E-state index is 11.9. The predicted octanol–water partition coefficient (Wildman–Crippen LogP) is 3.72. The summed E-state index contributed by atoms with van der Waals surface area (Å²) in [7, 11) is 0. The second kappa shape index (κ2) is 4.89. The molecule has 100 valence electrons. The minimum atomic E-state index is -0.219. The van der Waals surface area contributed by atoms with Gasteiger partial charge in [0.1, 0.15) is 11.3 Å². The molecule has 0 radical (unpaired) electrons. The Labute approximate surface area is 116 Å². The standard InChI is InChI=1S/C15H15ClO3/c1-2-6-18-14-8-13-11(7-12(14)16)9-4-3-5-10(9)15(17)19-13/h7-8H,2-6H2,1H3. The number of fused-ring (bicyclic) bond motifs is 3. The minimum absolute atomic E-state index is 0.219. The van der Waals surface area contributed by atoms with Gasteiger partial charge in [0.25, 0.3) is 0 Å². The van der Waals surface area contributed by atoms with Gasteiger partial charge in [0.05, 0.1) is 11.6 Å². The molecule has 1 heterocycles. The Hall–Kier alpha value is -1.48. The van der Waals surface area contributed by atoms with E-state index in [1.165, 1.54) is 0 Å². The van der Waals surface area contributed by atoms with E-state index >= 15 is 0 Å². The number of halogens is 1. The second-order valence-electron chi connectivity index (χ2n) is 4.83. The first-order valence-corrected chi connectivity index (χ1v) is 6.99. The van der Waals surface area contributed by atoms with Crippen LogP contribution in [0.4, 0.5) is 0 Å². The summed E-state index contributed by atoms with van der Waals surface area (Å²) in [6, 6.07) is 3.59. The van der Waals surface area contributed by atoms with Crippen molar-refractivity contribution in [2.75, 3.05) is 6.61 Å². The lowest BCUT2D eigenvalue weighted by Gasteiger charge is -2.09. The van der Waals surface area contributed by atoms with Crippen molar-refractivity contribution in [2.24, 2.45) is 0 Å². The van der Waals surface area contributed by atoms with E-state index in [0.717, 1.165) is 42.2 Å². The zero-order valence-corrected chi connectivity index (χ0v) is 11.5. The highest BCUT2D eigenvalue weighted by atomic mass is 35.5. The summed E-state index contributed by atoms with van der Waals surface area (Å²) in [4.78, 5) is 11.9. The van der Waals surface area contributed by atoms with Crippen molar-refractivity contribution in [2.45, 2.75) is 32.6 Å². The molecule has 4 heteroatoms. The van der Waals surface area contributed by atoms with Crippen LogP contribution in [0.3, 0.4) is 0 Å². The summed E-state index contributed by atoms with van der Waals surface area (Å²) in [6.45, 7) is 2.63. The zero-order chi connectivity index (χ0) is 13.4. The number of rotatable bonds is 3. The van der Waals surface area contributed by atoms with Gasteiger partial charge in [-0.1, -0.05) is 18.5 Å². The predicted molar refractivity (Wildman–Crippen MR) is 75.3 cm³/mol. The van der Waals surface area contributed by atoms with Crippen molar-refractivity contribution in [3.63, 3.8) is 0 Å². The highest BCUT2D eigenvalue weighted by Gasteiger charge is 2.20. The van der Waals surface area contributed by atoms with Crippen LogP contribution in [-0.2, 0) is 12.8 Å². The molecule has 1 aromatic heterocycles. The third kappa shape index (κ3) is 2.12. The van der Waals surface area contributed by atoms with Crippen LogP contribution in [0.5, 0.6) is 5.75 Å². The third-order valence-electron chi connectivity index (χ3n) is 3.49. The van der Waals surface area contributed by atoms with Gasteiger partial charge < -0.3 is 9.15 Å². The fourth-order valence-corrected chi connectivity index (χ4v) is 2.82. The molecule has 3 rings (SSSR count). The molecule has 0 amide bonds. The van der Waals surface area contributed by atoms with E-state index in [1.54, 1.807) is 6.07 Å². The van der Waals surface area contributed by atoms with Gasteiger partial charge in [-0.15, -0.1) is 0 Å². The van der Waals surface area contributed by atoms with E-state index in [1.807, 2.05) is 13.0 Å². The van der Waals surface area contributed by atoms with Crippen LogP contribution in [0.25, 0.3) is 11.0 Å². The molecule has 0 atom stereocenters. The summed E-state index contributed by atoms with van der Waals surface area (Å²) in [6.07, 6.45) is 3.63. The van der Waals surface area contributed by atoms with Crippen LogP contribution in [-0.4, -0.2) is 6.61 Å². The van der Waals surface area contributed by atoms with Crippen molar-refractivity contribution in [1.29, 1.82) is 0 Å². The zero-order valence-electron chi connectivity index (χ0n) is 10.8. The Morgan fingerprint density at radius 3 is 2.89 bits per heavy atom. The summed E-state index contributed by atoms with van der Waals surface area (Å²) < 4.78 is 10.9. The van der Waals surface area contributed by atoms with Gasteiger partial charge in [0, 0.05) is 17.0 Å². The van der Waals surface area contributed by atoms with E-state index in [4.69, 9.17) is 20.8 Å². The van der Waals surface area contributed by atoms with Crippen molar-refractivity contribution in [3.8, 4) is 5.75 Å².